The molecule has 1 atom stereocenters. The third-order valence-electron chi connectivity index (χ3n) is 4.91. The minimum Gasteiger partial charge on any atom is -0.496 e. The van der Waals surface area contributed by atoms with Gasteiger partial charge in [0, 0.05) is 13.6 Å². The summed E-state index contributed by atoms with van der Waals surface area (Å²) in [6.45, 7) is -0.229. The van der Waals surface area contributed by atoms with Gasteiger partial charge in [-0.05, 0) is 30.2 Å². The van der Waals surface area contributed by atoms with Crippen molar-refractivity contribution in [2.24, 2.45) is 13.0 Å². The molecule has 1 heterocycles. The summed E-state index contributed by atoms with van der Waals surface area (Å²) in [6, 6.07) is 14.4. The first-order valence-corrected chi connectivity index (χ1v) is 9.18. The number of aliphatic carboxylic acids is 1. The zero-order valence-electron chi connectivity index (χ0n) is 16.3. The third kappa shape index (κ3) is 4.31. The number of carboxylic acid groups (broad SMARTS) is 1. The molecule has 8 nitrogen and oxygen atoms in total. The number of carbonyl (C=O) groups is 2. The average Bonchev–Trinajstić information content (AvgIpc) is 2.96. The molecule has 29 heavy (non-hydrogen) atoms. The third-order valence-corrected chi connectivity index (χ3v) is 4.91. The molecule has 1 unspecified atom stereocenters. The van der Waals surface area contributed by atoms with Crippen LogP contribution in [0.1, 0.15) is 5.56 Å². The first kappa shape index (κ1) is 20.2. The topological polar surface area (TPSA) is 103 Å². The minimum atomic E-state index is -1.02. The molecule has 0 saturated carbocycles. The zero-order valence-corrected chi connectivity index (χ0v) is 16.3. The van der Waals surface area contributed by atoms with Crippen LogP contribution in [0.15, 0.2) is 53.3 Å². The van der Waals surface area contributed by atoms with Gasteiger partial charge in [-0.15, -0.1) is 0 Å². The highest BCUT2D eigenvalue weighted by molar-refractivity contribution is 5.81. The van der Waals surface area contributed by atoms with Crippen molar-refractivity contribution in [3.8, 4) is 5.75 Å². The molecule has 0 aliphatic heterocycles. The number of benzene rings is 2. The van der Waals surface area contributed by atoms with Crippen LogP contribution in [-0.2, 0) is 29.6 Å². The van der Waals surface area contributed by atoms with E-state index in [4.69, 9.17) is 4.74 Å². The highest BCUT2D eigenvalue weighted by atomic mass is 16.5. The molecule has 152 valence electrons. The standard InChI is InChI=1S/C21H23N3O5/c1-23-16-8-4-5-9-17(16)24(21(23)28)13-19(25)22-12-15(20(26)27)11-14-7-3-6-10-18(14)29-2/h3-10,15H,11-13H2,1-2H3,(H,22,25)(H,26,27). The molecule has 8 heteroatoms. The molecular weight excluding hydrogens is 374 g/mol. The second-order valence-electron chi connectivity index (χ2n) is 6.77. The summed E-state index contributed by atoms with van der Waals surface area (Å²) in [5, 5.41) is 12.2. The summed E-state index contributed by atoms with van der Waals surface area (Å²) < 4.78 is 8.12. The molecule has 0 fully saturated rings. The van der Waals surface area contributed by atoms with Gasteiger partial charge in [-0.25, -0.2) is 4.79 Å². The van der Waals surface area contributed by atoms with Crippen LogP contribution in [0.4, 0.5) is 0 Å². The number of imidazole rings is 1. The average molecular weight is 397 g/mol. The number of fused-ring (bicyclic) bond motifs is 1. The number of rotatable bonds is 8. The molecule has 1 amide bonds. The van der Waals surface area contributed by atoms with E-state index in [9.17, 15) is 19.5 Å². The molecule has 0 spiro atoms. The maximum Gasteiger partial charge on any atom is 0.329 e. The second kappa shape index (κ2) is 8.64. The summed E-state index contributed by atoms with van der Waals surface area (Å²) >= 11 is 0. The highest BCUT2D eigenvalue weighted by Crippen LogP contribution is 2.21. The van der Waals surface area contributed by atoms with Crippen LogP contribution < -0.4 is 15.7 Å². The van der Waals surface area contributed by atoms with Gasteiger partial charge in [0.15, 0.2) is 0 Å². The number of hydrogen-bond acceptors (Lipinski definition) is 4. The normalized spacial score (nSPS) is 11.9. The van der Waals surface area contributed by atoms with Gasteiger partial charge in [-0.2, -0.15) is 0 Å². The predicted octanol–water partition coefficient (Wildman–Crippen LogP) is 1.41. The maximum absolute atomic E-state index is 12.4. The Balaban J connectivity index is 1.70. The Labute approximate surface area is 167 Å². The molecule has 0 aliphatic rings. The number of nitrogens with one attached hydrogen (secondary N) is 1. The monoisotopic (exact) mass is 397 g/mol. The van der Waals surface area contributed by atoms with E-state index in [2.05, 4.69) is 5.32 Å². The maximum atomic E-state index is 12.4. The number of aromatic nitrogens is 2. The number of carbonyl (C=O) groups excluding carboxylic acids is 1. The SMILES string of the molecule is COc1ccccc1CC(CNC(=O)Cn1c(=O)n(C)c2ccccc21)C(=O)O. The fourth-order valence-corrected chi connectivity index (χ4v) is 3.34. The van der Waals surface area contributed by atoms with E-state index in [1.807, 2.05) is 18.2 Å². The van der Waals surface area contributed by atoms with Gasteiger partial charge in [0.05, 0.1) is 24.1 Å². The van der Waals surface area contributed by atoms with Gasteiger partial charge in [0.2, 0.25) is 5.91 Å². The summed E-state index contributed by atoms with van der Waals surface area (Å²) in [5.74, 6) is -1.65. The van der Waals surface area contributed by atoms with Crippen molar-refractivity contribution in [2.45, 2.75) is 13.0 Å². The lowest BCUT2D eigenvalue weighted by Gasteiger charge is -2.15. The van der Waals surface area contributed by atoms with E-state index in [1.54, 1.807) is 37.4 Å². The van der Waals surface area contributed by atoms with Gasteiger partial charge >= 0.3 is 11.7 Å². The molecule has 2 aromatic carbocycles. The van der Waals surface area contributed by atoms with Crippen molar-refractivity contribution >= 4 is 22.9 Å². The van der Waals surface area contributed by atoms with Crippen molar-refractivity contribution < 1.29 is 19.4 Å². The van der Waals surface area contributed by atoms with Crippen molar-refractivity contribution in [3.05, 3.63) is 64.6 Å². The van der Waals surface area contributed by atoms with Gasteiger partial charge in [0.1, 0.15) is 12.3 Å². The number of aryl methyl sites for hydroxylation is 1. The van der Waals surface area contributed by atoms with Crippen LogP contribution in [0.2, 0.25) is 0 Å². The van der Waals surface area contributed by atoms with Crippen LogP contribution >= 0.6 is 0 Å². The Kier molecular flexibility index (Phi) is 6.01. The van der Waals surface area contributed by atoms with Crippen molar-refractivity contribution in [1.82, 2.24) is 14.5 Å². The Morgan fingerprint density at radius 3 is 2.45 bits per heavy atom. The van der Waals surface area contributed by atoms with Crippen LogP contribution in [0.3, 0.4) is 0 Å². The summed E-state index contributed by atoms with van der Waals surface area (Å²) in [6.07, 6.45) is 0.216. The number of nitrogens with zero attached hydrogens (tertiary/aromatic N) is 2. The highest BCUT2D eigenvalue weighted by Gasteiger charge is 2.21. The molecular formula is C21H23N3O5. The lowest BCUT2D eigenvalue weighted by Crippen LogP contribution is -2.37. The summed E-state index contributed by atoms with van der Waals surface area (Å²) in [7, 11) is 3.17. The number of amides is 1. The van der Waals surface area contributed by atoms with Crippen LogP contribution in [0.5, 0.6) is 5.75 Å². The van der Waals surface area contributed by atoms with E-state index in [1.165, 1.54) is 16.2 Å². The van der Waals surface area contributed by atoms with E-state index >= 15 is 0 Å². The smallest absolute Gasteiger partial charge is 0.329 e. The fourth-order valence-electron chi connectivity index (χ4n) is 3.34. The number of hydrogen-bond donors (Lipinski definition) is 2. The van der Waals surface area contributed by atoms with Crippen LogP contribution in [0, 0.1) is 5.92 Å². The van der Waals surface area contributed by atoms with Gasteiger partial charge in [-0.1, -0.05) is 30.3 Å². The molecule has 0 saturated heterocycles. The Bertz CT molecular complexity index is 1100. The summed E-state index contributed by atoms with van der Waals surface area (Å²) in [4.78, 5) is 36.5. The molecule has 3 rings (SSSR count). The zero-order chi connectivity index (χ0) is 21.0. The molecule has 0 bridgehead atoms. The second-order valence-corrected chi connectivity index (χ2v) is 6.77. The minimum absolute atomic E-state index is 0.0499. The quantitative estimate of drug-likeness (QED) is 0.598. The lowest BCUT2D eigenvalue weighted by atomic mass is 9.98. The number of para-hydroxylation sites is 3. The first-order chi connectivity index (χ1) is 13.9. The number of methoxy groups -OCH3 is 1. The van der Waals surface area contributed by atoms with E-state index in [-0.39, 0.29) is 25.2 Å². The molecule has 2 N–H and O–H groups in total. The van der Waals surface area contributed by atoms with E-state index < -0.39 is 17.8 Å². The summed E-state index contributed by atoms with van der Waals surface area (Å²) in [5.41, 5.74) is 1.83. The Morgan fingerprint density at radius 2 is 1.76 bits per heavy atom. The van der Waals surface area contributed by atoms with E-state index in [0.29, 0.717) is 11.3 Å². The van der Waals surface area contributed by atoms with E-state index in [0.717, 1.165) is 11.1 Å². The molecule has 0 radical (unpaired) electrons. The Hall–Kier alpha value is -3.55. The lowest BCUT2D eigenvalue weighted by molar-refractivity contribution is -0.141. The van der Waals surface area contributed by atoms with Gasteiger partial charge < -0.3 is 15.2 Å². The van der Waals surface area contributed by atoms with Crippen molar-refractivity contribution in [1.29, 1.82) is 0 Å². The largest absolute Gasteiger partial charge is 0.496 e. The molecule has 3 aromatic rings. The molecule has 1 aromatic heterocycles. The number of carboxylic acids is 1. The van der Waals surface area contributed by atoms with Gasteiger partial charge in [0.25, 0.3) is 0 Å². The molecule has 0 aliphatic carbocycles. The van der Waals surface area contributed by atoms with Gasteiger partial charge in [-0.3, -0.25) is 18.7 Å². The number of ether oxygens (including phenoxy) is 1. The van der Waals surface area contributed by atoms with Crippen LogP contribution in [0.25, 0.3) is 11.0 Å². The Morgan fingerprint density at radius 1 is 1.10 bits per heavy atom. The fraction of sp³-hybridized carbons (Fsp3) is 0.286. The van der Waals surface area contributed by atoms with Crippen LogP contribution in [-0.4, -0.2) is 39.8 Å². The van der Waals surface area contributed by atoms with Crippen molar-refractivity contribution in [2.75, 3.05) is 13.7 Å². The first-order valence-electron chi connectivity index (χ1n) is 9.18. The van der Waals surface area contributed by atoms with Crippen molar-refractivity contribution in [3.63, 3.8) is 0 Å². The predicted molar refractivity (Wildman–Crippen MR) is 108 cm³/mol.